The van der Waals surface area contributed by atoms with Crippen molar-refractivity contribution >= 4 is 5.78 Å². The summed E-state index contributed by atoms with van der Waals surface area (Å²) in [7, 11) is 0. The maximum atomic E-state index is 11.5. The van der Waals surface area contributed by atoms with Crippen LogP contribution in [0.1, 0.15) is 28.8 Å². The molecule has 68 valence electrons. The maximum Gasteiger partial charge on any atom is 0.165 e. The lowest BCUT2D eigenvalue weighted by atomic mass is 10.1. The molecule has 0 heterocycles. The second-order valence-electron chi connectivity index (χ2n) is 3.49. The molecule has 1 aromatic rings. The Labute approximate surface area is 77.2 Å². The SMILES string of the molecule is O=C(c1ccc(CO)cc1)C1CC1. The fourth-order valence-electron chi connectivity index (χ4n) is 1.36. The molecule has 0 radical (unpaired) electrons. The van der Waals surface area contributed by atoms with Gasteiger partial charge in [0.25, 0.3) is 0 Å². The number of carbonyl (C=O) groups is 1. The highest BCUT2D eigenvalue weighted by atomic mass is 16.3. The molecule has 0 unspecified atom stereocenters. The summed E-state index contributed by atoms with van der Waals surface area (Å²) in [6.07, 6.45) is 2.08. The summed E-state index contributed by atoms with van der Waals surface area (Å²) in [5, 5.41) is 8.80. The Hall–Kier alpha value is -1.15. The van der Waals surface area contributed by atoms with Crippen molar-refractivity contribution in [3.63, 3.8) is 0 Å². The standard InChI is InChI=1S/C11H12O2/c12-7-8-1-3-9(4-2-8)11(13)10-5-6-10/h1-4,10,12H,5-7H2. The molecule has 0 saturated heterocycles. The van der Waals surface area contributed by atoms with Gasteiger partial charge in [-0.05, 0) is 18.4 Å². The number of hydrogen-bond donors (Lipinski definition) is 1. The zero-order valence-corrected chi connectivity index (χ0v) is 7.36. The highest BCUT2D eigenvalue weighted by Crippen LogP contribution is 2.32. The quantitative estimate of drug-likeness (QED) is 0.713. The lowest BCUT2D eigenvalue weighted by Gasteiger charge is -1.99. The molecule has 0 spiro atoms. The van der Waals surface area contributed by atoms with Crippen LogP contribution in [0.3, 0.4) is 0 Å². The van der Waals surface area contributed by atoms with Gasteiger partial charge in [0.05, 0.1) is 6.61 Å². The number of rotatable bonds is 3. The van der Waals surface area contributed by atoms with E-state index in [0.717, 1.165) is 24.0 Å². The molecule has 1 fully saturated rings. The lowest BCUT2D eigenvalue weighted by Crippen LogP contribution is -2.00. The van der Waals surface area contributed by atoms with Crippen molar-refractivity contribution < 1.29 is 9.90 Å². The molecule has 2 heteroatoms. The molecule has 0 bridgehead atoms. The number of ketones is 1. The van der Waals surface area contributed by atoms with Crippen molar-refractivity contribution in [2.75, 3.05) is 0 Å². The van der Waals surface area contributed by atoms with Crippen molar-refractivity contribution in [2.45, 2.75) is 19.4 Å². The highest BCUT2D eigenvalue weighted by molar-refractivity contribution is 5.99. The first-order valence-electron chi connectivity index (χ1n) is 4.55. The molecule has 2 rings (SSSR count). The minimum atomic E-state index is 0.0396. The number of Topliss-reactive ketones (excluding diaryl/α,β-unsaturated/α-hetero) is 1. The molecule has 0 aromatic heterocycles. The van der Waals surface area contributed by atoms with E-state index in [-0.39, 0.29) is 18.3 Å². The number of aliphatic hydroxyl groups excluding tert-OH is 1. The predicted molar refractivity (Wildman–Crippen MR) is 49.4 cm³/mol. The predicted octanol–water partition coefficient (Wildman–Crippen LogP) is 1.77. The fourth-order valence-corrected chi connectivity index (χ4v) is 1.36. The van der Waals surface area contributed by atoms with Crippen LogP contribution in [0, 0.1) is 5.92 Å². The number of aliphatic hydroxyl groups is 1. The molecule has 1 aliphatic carbocycles. The van der Waals surface area contributed by atoms with Gasteiger partial charge in [-0.1, -0.05) is 24.3 Å². The van der Waals surface area contributed by atoms with Crippen LogP contribution in [0.5, 0.6) is 0 Å². The van der Waals surface area contributed by atoms with Gasteiger partial charge in [-0.15, -0.1) is 0 Å². The maximum absolute atomic E-state index is 11.5. The van der Waals surface area contributed by atoms with Gasteiger partial charge < -0.3 is 5.11 Å². The van der Waals surface area contributed by atoms with Crippen LogP contribution < -0.4 is 0 Å². The average Bonchev–Trinajstić information content (AvgIpc) is 3.00. The second kappa shape index (κ2) is 3.30. The molecule has 13 heavy (non-hydrogen) atoms. The summed E-state index contributed by atoms with van der Waals surface area (Å²) in [6, 6.07) is 7.20. The summed E-state index contributed by atoms with van der Waals surface area (Å²) in [4.78, 5) is 11.5. The van der Waals surface area contributed by atoms with E-state index in [1.807, 2.05) is 0 Å². The van der Waals surface area contributed by atoms with Crippen LogP contribution in [-0.4, -0.2) is 10.9 Å². The van der Waals surface area contributed by atoms with E-state index in [4.69, 9.17) is 5.11 Å². The van der Waals surface area contributed by atoms with Crippen LogP contribution in [0.4, 0.5) is 0 Å². The van der Waals surface area contributed by atoms with Crippen LogP contribution in [-0.2, 0) is 6.61 Å². The van der Waals surface area contributed by atoms with Gasteiger partial charge >= 0.3 is 0 Å². The smallest absolute Gasteiger partial charge is 0.165 e. The first-order chi connectivity index (χ1) is 6.31. The van der Waals surface area contributed by atoms with Gasteiger partial charge in [0.2, 0.25) is 0 Å². The third-order valence-electron chi connectivity index (χ3n) is 2.37. The van der Waals surface area contributed by atoms with E-state index in [2.05, 4.69) is 0 Å². The van der Waals surface area contributed by atoms with Gasteiger partial charge in [0.1, 0.15) is 0 Å². The molecule has 0 amide bonds. The van der Waals surface area contributed by atoms with Crippen molar-refractivity contribution in [3.8, 4) is 0 Å². The summed E-state index contributed by atoms with van der Waals surface area (Å²) in [6.45, 7) is 0.0396. The Morgan fingerprint density at radius 3 is 2.38 bits per heavy atom. The zero-order chi connectivity index (χ0) is 9.26. The normalized spacial score (nSPS) is 15.8. The number of hydrogen-bond acceptors (Lipinski definition) is 2. The van der Waals surface area contributed by atoms with Gasteiger partial charge in [0, 0.05) is 11.5 Å². The van der Waals surface area contributed by atoms with Crippen LogP contribution >= 0.6 is 0 Å². The second-order valence-corrected chi connectivity index (χ2v) is 3.49. The average molecular weight is 176 g/mol. The summed E-state index contributed by atoms with van der Waals surface area (Å²) >= 11 is 0. The largest absolute Gasteiger partial charge is 0.392 e. The first kappa shape index (κ1) is 8.45. The van der Waals surface area contributed by atoms with Crippen molar-refractivity contribution in [1.82, 2.24) is 0 Å². The first-order valence-corrected chi connectivity index (χ1v) is 4.55. The third kappa shape index (κ3) is 1.78. The summed E-state index contributed by atoms with van der Waals surface area (Å²) < 4.78 is 0. The summed E-state index contributed by atoms with van der Waals surface area (Å²) in [5.41, 5.74) is 1.63. The Morgan fingerprint density at radius 2 is 1.92 bits per heavy atom. The Bertz CT molecular complexity index is 309. The number of carbonyl (C=O) groups excluding carboxylic acids is 1. The molecule has 1 saturated carbocycles. The van der Waals surface area contributed by atoms with E-state index < -0.39 is 0 Å². The monoisotopic (exact) mass is 176 g/mol. The van der Waals surface area contributed by atoms with E-state index in [1.165, 1.54) is 0 Å². The van der Waals surface area contributed by atoms with Crippen molar-refractivity contribution in [1.29, 1.82) is 0 Å². The van der Waals surface area contributed by atoms with E-state index in [0.29, 0.717) is 0 Å². The van der Waals surface area contributed by atoms with Crippen LogP contribution in [0.15, 0.2) is 24.3 Å². The molecular formula is C11H12O2. The Kier molecular flexibility index (Phi) is 2.15. The van der Waals surface area contributed by atoms with Gasteiger partial charge in [-0.25, -0.2) is 0 Å². The van der Waals surface area contributed by atoms with Crippen molar-refractivity contribution in [2.24, 2.45) is 5.92 Å². The lowest BCUT2D eigenvalue weighted by molar-refractivity contribution is 0.0967. The fraction of sp³-hybridized carbons (Fsp3) is 0.364. The number of benzene rings is 1. The topological polar surface area (TPSA) is 37.3 Å². The van der Waals surface area contributed by atoms with E-state index in [1.54, 1.807) is 24.3 Å². The molecule has 1 aromatic carbocycles. The third-order valence-corrected chi connectivity index (χ3v) is 2.37. The highest BCUT2D eigenvalue weighted by Gasteiger charge is 2.30. The van der Waals surface area contributed by atoms with Crippen molar-refractivity contribution in [3.05, 3.63) is 35.4 Å². The van der Waals surface area contributed by atoms with Gasteiger partial charge in [0.15, 0.2) is 5.78 Å². The van der Waals surface area contributed by atoms with E-state index in [9.17, 15) is 4.79 Å². The molecule has 1 N–H and O–H groups in total. The van der Waals surface area contributed by atoms with Crippen LogP contribution in [0.25, 0.3) is 0 Å². The Balaban J connectivity index is 2.16. The molecule has 0 atom stereocenters. The minimum Gasteiger partial charge on any atom is -0.392 e. The Morgan fingerprint density at radius 1 is 1.31 bits per heavy atom. The molecule has 0 aliphatic heterocycles. The summed E-state index contributed by atoms with van der Waals surface area (Å²) in [5.74, 6) is 0.532. The van der Waals surface area contributed by atoms with E-state index >= 15 is 0 Å². The molecular weight excluding hydrogens is 164 g/mol. The zero-order valence-electron chi connectivity index (χ0n) is 7.36. The molecule has 2 nitrogen and oxygen atoms in total. The van der Waals surface area contributed by atoms with Crippen LogP contribution in [0.2, 0.25) is 0 Å². The minimum absolute atomic E-state index is 0.0396. The molecule has 1 aliphatic rings. The van der Waals surface area contributed by atoms with Gasteiger partial charge in [-0.3, -0.25) is 4.79 Å². The van der Waals surface area contributed by atoms with Gasteiger partial charge in [-0.2, -0.15) is 0 Å².